The van der Waals surface area contributed by atoms with Gasteiger partial charge in [-0.25, -0.2) is 0 Å². The second-order valence-electron chi connectivity index (χ2n) is 4.49. The summed E-state index contributed by atoms with van der Waals surface area (Å²) in [6.45, 7) is 4.18. The highest BCUT2D eigenvalue weighted by Crippen LogP contribution is 2.12. The van der Waals surface area contributed by atoms with Crippen LogP contribution in [0.3, 0.4) is 0 Å². The molecule has 0 aromatic heterocycles. The number of nitrogens with zero attached hydrogens (tertiary/aromatic N) is 1. The minimum absolute atomic E-state index is 0.0673. The lowest BCUT2D eigenvalue weighted by molar-refractivity contribution is -0.132. The molecule has 2 N–H and O–H groups in total. The molecule has 0 radical (unpaired) electrons. The highest BCUT2D eigenvalue weighted by atomic mass is 16.5. The van der Waals surface area contributed by atoms with E-state index in [4.69, 9.17) is 4.74 Å². The molecule has 92 valence electrons. The highest BCUT2D eigenvalue weighted by molar-refractivity contribution is 5.81. The van der Waals surface area contributed by atoms with E-state index in [9.17, 15) is 4.79 Å². The number of likely N-dealkylation sites (N-methyl/N-ethyl adjacent to an activating group) is 1. The zero-order chi connectivity index (χ0) is 11.4. The van der Waals surface area contributed by atoms with Crippen molar-refractivity contribution in [3.05, 3.63) is 0 Å². The molecule has 2 aliphatic heterocycles. The molecule has 2 fully saturated rings. The summed E-state index contributed by atoms with van der Waals surface area (Å²) in [7, 11) is 1.68. The number of carbonyl (C=O) groups excluding carboxylic acids is 1. The van der Waals surface area contributed by atoms with Crippen molar-refractivity contribution < 1.29 is 9.53 Å². The maximum absolute atomic E-state index is 11.7. The Hall–Kier alpha value is -0.650. The van der Waals surface area contributed by atoms with Crippen LogP contribution in [0.4, 0.5) is 0 Å². The normalized spacial score (nSPS) is 31.6. The summed E-state index contributed by atoms with van der Waals surface area (Å²) in [4.78, 5) is 13.9. The van der Waals surface area contributed by atoms with Crippen molar-refractivity contribution >= 4 is 5.91 Å². The van der Waals surface area contributed by atoms with E-state index in [1.165, 1.54) is 12.8 Å². The quantitative estimate of drug-likeness (QED) is 0.662. The molecule has 0 saturated carbocycles. The molecule has 2 heterocycles. The minimum Gasteiger partial charge on any atom is -0.378 e. The number of rotatable bonds is 3. The molecule has 2 aliphatic rings. The number of hydrogen-bond acceptors (Lipinski definition) is 4. The van der Waals surface area contributed by atoms with E-state index >= 15 is 0 Å². The van der Waals surface area contributed by atoms with Crippen LogP contribution in [0.2, 0.25) is 0 Å². The van der Waals surface area contributed by atoms with Crippen LogP contribution in [0.1, 0.15) is 12.8 Å². The number of carbonyl (C=O) groups is 1. The van der Waals surface area contributed by atoms with E-state index < -0.39 is 0 Å². The SMILES string of the molecule is CNC(=O)C1COCCN1C[C@H]1CCCN1. The third kappa shape index (κ3) is 2.72. The van der Waals surface area contributed by atoms with E-state index in [-0.39, 0.29) is 11.9 Å². The standard InChI is InChI=1S/C11H21N3O2/c1-12-11(15)10-8-16-6-5-14(10)7-9-3-2-4-13-9/h9-10,13H,2-8H2,1H3,(H,12,15)/t9-,10?/m1/s1. The molecular weight excluding hydrogens is 206 g/mol. The predicted molar refractivity (Wildman–Crippen MR) is 61.3 cm³/mol. The summed E-state index contributed by atoms with van der Waals surface area (Å²) in [6, 6.07) is 0.436. The van der Waals surface area contributed by atoms with Gasteiger partial charge in [0.25, 0.3) is 0 Å². The first-order valence-electron chi connectivity index (χ1n) is 6.08. The summed E-state index contributed by atoms with van der Waals surface area (Å²) in [5, 5.41) is 6.18. The van der Waals surface area contributed by atoms with Gasteiger partial charge in [-0.1, -0.05) is 0 Å². The molecule has 0 aromatic rings. The highest BCUT2D eigenvalue weighted by Gasteiger charge is 2.30. The van der Waals surface area contributed by atoms with Gasteiger partial charge in [-0.3, -0.25) is 9.69 Å². The number of amides is 1. The van der Waals surface area contributed by atoms with E-state index in [1.54, 1.807) is 7.05 Å². The number of ether oxygens (including phenoxy) is 1. The fourth-order valence-corrected chi connectivity index (χ4v) is 2.46. The molecule has 2 rings (SSSR count). The van der Waals surface area contributed by atoms with E-state index in [0.29, 0.717) is 12.6 Å². The van der Waals surface area contributed by atoms with Crippen molar-refractivity contribution in [1.29, 1.82) is 0 Å². The van der Waals surface area contributed by atoms with Gasteiger partial charge >= 0.3 is 0 Å². The monoisotopic (exact) mass is 227 g/mol. The molecule has 0 spiro atoms. The number of nitrogens with one attached hydrogen (secondary N) is 2. The Kier molecular flexibility index (Phi) is 4.15. The van der Waals surface area contributed by atoms with Gasteiger partial charge < -0.3 is 15.4 Å². The summed E-state index contributed by atoms with van der Waals surface area (Å²) in [6.07, 6.45) is 2.47. The maximum Gasteiger partial charge on any atom is 0.239 e. The second kappa shape index (κ2) is 5.61. The van der Waals surface area contributed by atoms with Crippen LogP contribution >= 0.6 is 0 Å². The van der Waals surface area contributed by atoms with Gasteiger partial charge in [0, 0.05) is 26.2 Å². The third-order valence-electron chi connectivity index (χ3n) is 3.41. The molecule has 1 unspecified atom stereocenters. The molecule has 5 heteroatoms. The summed E-state index contributed by atoms with van der Waals surface area (Å²) >= 11 is 0. The van der Waals surface area contributed by atoms with Gasteiger partial charge in [-0.2, -0.15) is 0 Å². The van der Waals surface area contributed by atoms with Crippen molar-refractivity contribution in [2.24, 2.45) is 0 Å². The number of hydrogen-bond donors (Lipinski definition) is 2. The Balaban J connectivity index is 1.90. The zero-order valence-corrected chi connectivity index (χ0v) is 9.87. The summed E-state index contributed by atoms with van der Waals surface area (Å²) in [5.74, 6) is 0.0673. The summed E-state index contributed by atoms with van der Waals surface area (Å²) < 4.78 is 5.38. The van der Waals surface area contributed by atoms with Gasteiger partial charge in [-0.05, 0) is 19.4 Å². The van der Waals surface area contributed by atoms with Crippen LogP contribution in [0.5, 0.6) is 0 Å². The zero-order valence-electron chi connectivity index (χ0n) is 9.87. The van der Waals surface area contributed by atoms with Crippen molar-refractivity contribution in [3.63, 3.8) is 0 Å². The van der Waals surface area contributed by atoms with Gasteiger partial charge in [0.05, 0.1) is 13.2 Å². The van der Waals surface area contributed by atoms with E-state index in [1.807, 2.05) is 0 Å². The first-order valence-corrected chi connectivity index (χ1v) is 6.08. The first kappa shape index (κ1) is 11.8. The van der Waals surface area contributed by atoms with Crippen LogP contribution < -0.4 is 10.6 Å². The molecular formula is C11H21N3O2. The van der Waals surface area contributed by atoms with Crippen LogP contribution in [-0.2, 0) is 9.53 Å². The Morgan fingerprint density at radius 3 is 3.19 bits per heavy atom. The van der Waals surface area contributed by atoms with Crippen molar-refractivity contribution in [3.8, 4) is 0 Å². The smallest absolute Gasteiger partial charge is 0.239 e. The molecule has 1 amide bonds. The van der Waals surface area contributed by atoms with Crippen LogP contribution in [0.15, 0.2) is 0 Å². The van der Waals surface area contributed by atoms with Gasteiger partial charge in [0.2, 0.25) is 5.91 Å². The van der Waals surface area contributed by atoms with Gasteiger partial charge in [0.15, 0.2) is 0 Å². The molecule has 0 aliphatic carbocycles. The van der Waals surface area contributed by atoms with E-state index in [0.717, 1.165) is 26.2 Å². The fourth-order valence-electron chi connectivity index (χ4n) is 2.46. The Bertz CT molecular complexity index is 241. The van der Waals surface area contributed by atoms with E-state index in [2.05, 4.69) is 15.5 Å². The third-order valence-corrected chi connectivity index (χ3v) is 3.41. The predicted octanol–water partition coefficient (Wildman–Crippen LogP) is -0.815. The topological polar surface area (TPSA) is 53.6 Å². The van der Waals surface area contributed by atoms with Crippen molar-refractivity contribution in [2.45, 2.75) is 24.9 Å². The molecule has 0 aromatic carbocycles. The van der Waals surface area contributed by atoms with Crippen LogP contribution in [0.25, 0.3) is 0 Å². The Labute approximate surface area is 96.5 Å². The van der Waals surface area contributed by atoms with Crippen LogP contribution in [0, 0.1) is 0 Å². The number of morpholine rings is 1. The Morgan fingerprint density at radius 2 is 2.50 bits per heavy atom. The molecule has 2 saturated heterocycles. The van der Waals surface area contributed by atoms with Gasteiger partial charge in [0.1, 0.15) is 6.04 Å². The average Bonchev–Trinajstić information content (AvgIpc) is 2.82. The van der Waals surface area contributed by atoms with Crippen molar-refractivity contribution in [2.75, 3.05) is 39.9 Å². The maximum atomic E-state index is 11.7. The molecule has 2 atom stereocenters. The minimum atomic E-state index is -0.110. The molecule has 16 heavy (non-hydrogen) atoms. The van der Waals surface area contributed by atoms with Gasteiger partial charge in [-0.15, -0.1) is 0 Å². The average molecular weight is 227 g/mol. The lowest BCUT2D eigenvalue weighted by atomic mass is 10.1. The molecule has 0 bridgehead atoms. The largest absolute Gasteiger partial charge is 0.378 e. The molecule has 5 nitrogen and oxygen atoms in total. The second-order valence-corrected chi connectivity index (χ2v) is 4.49. The lowest BCUT2D eigenvalue weighted by Crippen LogP contribution is -2.55. The van der Waals surface area contributed by atoms with Crippen molar-refractivity contribution in [1.82, 2.24) is 15.5 Å². The van der Waals surface area contributed by atoms with Crippen LogP contribution in [-0.4, -0.2) is 62.8 Å². The first-order chi connectivity index (χ1) is 7.81. The fraction of sp³-hybridized carbons (Fsp3) is 0.909. The lowest BCUT2D eigenvalue weighted by Gasteiger charge is -2.35. The Morgan fingerprint density at radius 1 is 1.62 bits per heavy atom. The summed E-state index contributed by atoms with van der Waals surface area (Å²) in [5.41, 5.74) is 0.